The van der Waals surface area contributed by atoms with E-state index in [2.05, 4.69) is 15.5 Å². The van der Waals surface area contributed by atoms with Crippen LogP contribution in [0.3, 0.4) is 0 Å². The maximum Gasteiger partial charge on any atom is 0.416 e. The van der Waals surface area contributed by atoms with Crippen LogP contribution in [-0.2, 0) is 6.18 Å². The van der Waals surface area contributed by atoms with Crippen molar-refractivity contribution in [1.29, 1.82) is 0 Å². The van der Waals surface area contributed by atoms with E-state index < -0.39 is 23.2 Å². The zero-order chi connectivity index (χ0) is 15.6. The summed E-state index contributed by atoms with van der Waals surface area (Å²) in [6.07, 6.45) is -3.28. The Morgan fingerprint density at radius 2 is 1.95 bits per heavy atom. The Labute approximate surface area is 122 Å². The molecule has 0 aliphatic rings. The van der Waals surface area contributed by atoms with Gasteiger partial charge in [-0.15, -0.1) is 5.10 Å². The molecule has 0 fully saturated rings. The molecule has 0 saturated carbocycles. The third kappa shape index (κ3) is 3.43. The van der Waals surface area contributed by atoms with E-state index in [1.54, 1.807) is 0 Å². The topological polar surface area (TPSA) is 63.8 Å². The van der Waals surface area contributed by atoms with E-state index in [1.807, 2.05) is 0 Å². The Bertz CT molecular complexity index is 687. The van der Waals surface area contributed by atoms with Crippen LogP contribution in [0, 0.1) is 5.82 Å². The van der Waals surface area contributed by atoms with E-state index in [0.717, 1.165) is 0 Å². The Morgan fingerprint density at radius 3 is 2.57 bits per heavy atom. The molecule has 0 saturated heterocycles. The molecule has 1 aromatic carbocycles. The van der Waals surface area contributed by atoms with Gasteiger partial charge in [-0.2, -0.15) is 18.3 Å². The average Bonchev–Trinajstić information content (AvgIpc) is 2.40. The van der Waals surface area contributed by atoms with Gasteiger partial charge in [0.15, 0.2) is 5.82 Å². The first-order chi connectivity index (χ1) is 9.79. The van der Waals surface area contributed by atoms with Gasteiger partial charge in [-0.25, -0.2) is 4.39 Å². The van der Waals surface area contributed by atoms with E-state index in [0.29, 0.717) is 18.2 Å². The molecule has 9 heteroatoms. The lowest BCUT2D eigenvalue weighted by molar-refractivity contribution is -0.137. The predicted molar refractivity (Wildman–Crippen MR) is 72.6 cm³/mol. The fourth-order valence-corrected chi connectivity index (χ4v) is 1.71. The van der Waals surface area contributed by atoms with Crippen molar-refractivity contribution in [3.8, 4) is 0 Å². The van der Waals surface area contributed by atoms with Gasteiger partial charge >= 0.3 is 6.18 Å². The van der Waals surface area contributed by atoms with Crippen molar-refractivity contribution < 1.29 is 17.6 Å². The number of halogens is 4. The summed E-state index contributed by atoms with van der Waals surface area (Å²) in [5.74, 6) is -0.897. The first kappa shape index (κ1) is 15.1. The van der Waals surface area contributed by atoms with Crippen molar-refractivity contribution in [2.75, 3.05) is 5.32 Å². The Hall–Kier alpha value is -2.29. The number of nitrogens with one attached hydrogen (secondary N) is 1. The molecule has 2 aromatic rings. The molecule has 3 N–H and O–H groups in total. The van der Waals surface area contributed by atoms with Gasteiger partial charge in [0, 0.05) is 0 Å². The molecule has 0 aliphatic heterocycles. The quantitative estimate of drug-likeness (QED) is 0.673. The zero-order valence-corrected chi connectivity index (χ0v) is 11.1. The second-order valence-electron chi connectivity index (χ2n) is 3.98. The van der Waals surface area contributed by atoms with E-state index in [1.165, 1.54) is 12.3 Å². The Balaban J connectivity index is 2.43. The second-order valence-corrected chi connectivity index (χ2v) is 4.41. The summed E-state index contributed by atoms with van der Waals surface area (Å²) in [5, 5.41) is 9.62. The zero-order valence-electron chi connectivity index (χ0n) is 10.3. The van der Waals surface area contributed by atoms with Gasteiger partial charge in [-0.05, 0) is 24.3 Å². The minimum absolute atomic E-state index is 0.0248. The van der Waals surface area contributed by atoms with Crippen LogP contribution in [0.25, 0.3) is 0 Å². The molecular formula is C12H8F4N4S. The van der Waals surface area contributed by atoms with Gasteiger partial charge in [0.05, 0.1) is 23.0 Å². The number of benzene rings is 1. The summed E-state index contributed by atoms with van der Waals surface area (Å²) in [6.45, 7) is 0. The molecule has 0 amide bonds. The lowest BCUT2D eigenvalue weighted by Crippen LogP contribution is -2.14. The molecule has 4 nitrogen and oxygen atoms in total. The summed E-state index contributed by atoms with van der Waals surface area (Å²) < 4.78 is 51.5. The minimum atomic E-state index is -4.58. The highest BCUT2D eigenvalue weighted by atomic mass is 32.1. The maximum atomic E-state index is 13.6. The molecule has 0 spiro atoms. The summed E-state index contributed by atoms with van der Waals surface area (Å²) in [7, 11) is 0. The Morgan fingerprint density at radius 1 is 1.24 bits per heavy atom. The van der Waals surface area contributed by atoms with Gasteiger partial charge in [-0.1, -0.05) is 12.2 Å². The van der Waals surface area contributed by atoms with Crippen LogP contribution < -0.4 is 11.1 Å². The number of anilines is 2. The average molecular weight is 316 g/mol. The summed E-state index contributed by atoms with van der Waals surface area (Å²) in [4.78, 5) is -0.0419. The molecule has 1 aromatic heterocycles. The van der Waals surface area contributed by atoms with Crippen LogP contribution in [0.2, 0.25) is 0 Å². The fourth-order valence-electron chi connectivity index (χ4n) is 1.55. The molecule has 0 atom stereocenters. The highest BCUT2D eigenvalue weighted by molar-refractivity contribution is 7.80. The molecule has 21 heavy (non-hydrogen) atoms. The molecule has 1 heterocycles. The van der Waals surface area contributed by atoms with Gasteiger partial charge in [0.25, 0.3) is 0 Å². The number of rotatable bonds is 3. The first-order valence-corrected chi connectivity index (χ1v) is 5.95. The number of thiocarbonyl (C=S) groups is 1. The van der Waals surface area contributed by atoms with Crippen LogP contribution in [0.4, 0.5) is 29.1 Å². The molecule has 0 unspecified atom stereocenters. The van der Waals surface area contributed by atoms with Gasteiger partial charge in [-0.3, -0.25) is 0 Å². The van der Waals surface area contributed by atoms with Crippen molar-refractivity contribution >= 4 is 28.7 Å². The van der Waals surface area contributed by atoms with E-state index >= 15 is 0 Å². The van der Waals surface area contributed by atoms with Crippen molar-refractivity contribution in [2.24, 2.45) is 5.73 Å². The SMILES string of the molecule is NC(=S)c1ccnnc1Nc1cc(C(F)(F)F)ccc1F. The standard InChI is InChI=1S/C12H8F4N4S/c13-8-2-1-6(12(14,15)16)5-9(8)19-11-7(10(17)21)3-4-18-20-11/h1-5H,(H2,17,21)(H,19,20). The van der Waals surface area contributed by atoms with Gasteiger partial charge < -0.3 is 11.1 Å². The largest absolute Gasteiger partial charge is 0.416 e. The third-order valence-electron chi connectivity index (χ3n) is 2.53. The lowest BCUT2D eigenvalue weighted by atomic mass is 10.1. The van der Waals surface area contributed by atoms with Crippen molar-refractivity contribution in [1.82, 2.24) is 10.2 Å². The molecule has 0 radical (unpaired) electrons. The lowest BCUT2D eigenvalue weighted by Gasteiger charge is -2.12. The number of aromatic nitrogens is 2. The summed E-state index contributed by atoms with van der Waals surface area (Å²) in [6, 6.07) is 3.41. The van der Waals surface area contributed by atoms with Gasteiger partial charge in [0.1, 0.15) is 10.8 Å². The van der Waals surface area contributed by atoms with Crippen LogP contribution in [0.5, 0.6) is 0 Å². The highest BCUT2D eigenvalue weighted by Crippen LogP contribution is 2.32. The number of alkyl halides is 3. The summed E-state index contributed by atoms with van der Waals surface area (Å²) in [5.41, 5.74) is 4.31. The smallest absolute Gasteiger partial charge is 0.389 e. The minimum Gasteiger partial charge on any atom is -0.389 e. The number of nitrogens with two attached hydrogens (primary N) is 1. The summed E-state index contributed by atoms with van der Waals surface area (Å²) >= 11 is 4.78. The molecule has 0 aliphatic carbocycles. The van der Waals surface area contributed by atoms with Crippen molar-refractivity contribution in [3.05, 3.63) is 47.4 Å². The first-order valence-electron chi connectivity index (χ1n) is 5.54. The van der Waals surface area contributed by atoms with E-state index in [-0.39, 0.29) is 16.4 Å². The van der Waals surface area contributed by atoms with Crippen LogP contribution in [0.15, 0.2) is 30.5 Å². The number of nitrogens with zero attached hydrogens (tertiary/aromatic N) is 2. The predicted octanol–water partition coefficient (Wildman–Crippen LogP) is 3.01. The number of hydrogen-bond donors (Lipinski definition) is 2. The van der Waals surface area contributed by atoms with Crippen molar-refractivity contribution in [2.45, 2.75) is 6.18 Å². The molecule has 2 rings (SSSR count). The normalized spacial score (nSPS) is 11.2. The third-order valence-corrected chi connectivity index (χ3v) is 2.75. The monoisotopic (exact) mass is 316 g/mol. The van der Waals surface area contributed by atoms with E-state index in [4.69, 9.17) is 18.0 Å². The van der Waals surface area contributed by atoms with Crippen LogP contribution >= 0.6 is 12.2 Å². The van der Waals surface area contributed by atoms with Crippen LogP contribution in [0.1, 0.15) is 11.1 Å². The van der Waals surface area contributed by atoms with E-state index in [9.17, 15) is 17.6 Å². The Kier molecular flexibility index (Phi) is 4.03. The van der Waals surface area contributed by atoms with Crippen LogP contribution in [-0.4, -0.2) is 15.2 Å². The molecule has 110 valence electrons. The fraction of sp³-hybridized carbons (Fsp3) is 0.0833. The maximum absolute atomic E-state index is 13.6. The van der Waals surface area contributed by atoms with Gasteiger partial charge in [0.2, 0.25) is 0 Å². The number of hydrogen-bond acceptors (Lipinski definition) is 4. The second kappa shape index (κ2) is 5.60. The molecular weight excluding hydrogens is 308 g/mol. The molecule has 0 bridgehead atoms. The highest BCUT2D eigenvalue weighted by Gasteiger charge is 2.31. The van der Waals surface area contributed by atoms with Crippen molar-refractivity contribution in [3.63, 3.8) is 0 Å².